The number of benzene rings is 1. The van der Waals surface area contributed by atoms with Gasteiger partial charge in [0.2, 0.25) is 0 Å². The second-order valence-electron chi connectivity index (χ2n) is 4.98. The fraction of sp³-hybridized carbons (Fsp3) is 0.400. The van der Waals surface area contributed by atoms with Crippen LogP contribution in [0.4, 0.5) is 5.69 Å². The first kappa shape index (κ1) is 14.9. The number of nitrogens with zero attached hydrogens (tertiary/aromatic N) is 2. The number of ketones is 1. The predicted molar refractivity (Wildman–Crippen MR) is 83.5 cm³/mol. The second kappa shape index (κ2) is 6.33. The van der Waals surface area contributed by atoms with Crippen LogP contribution in [-0.2, 0) is 4.79 Å². The van der Waals surface area contributed by atoms with E-state index in [1.807, 2.05) is 32.3 Å². The molecule has 0 N–H and O–H groups in total. The van der Waals surface area contributed by atoms with Crippen molar-refractivity contribution in [1.82, 2.24) is 4.90 Å². The van der Waals surface area contributed by atoms with Gasteiger partial charge >= 0.3 is 0 Å². The molecule has 0 saturated heterocycles. The number of allylic oxidation sites excluding steroid dienone is 1. The molecule has 0 unspecified atom stereocenters. The number of rotatable bonds is 5. The predicted octanol–water partition coefficient (Wildman–Crippen LogP) is 2.60. The first-order valence-electron chi connectivity index (χ1n) is 6.51. The van der Waals surface area contributed by atoms with Crippen LogP contribution in [0, 0.1) is 0 Å². The number of methoxy groups -OCH3 is 1. The quantitative estimate of drug-likeness (QED) is 0.779. The lowest BCUT2D eigenvalue weighted by molar-refractivity contribution is -0.112. The topological polar surface area (TPSA) is 32.8 Å². The number of anilines is 1. The molecule has 0 aromatic heterocycles. The maximum Gasteiger partial charge on any atom is 0.155 e. The van der Waals surface area contributed by atoms with Gasteiger partial charge in [-0.25, -0.2) is 0 Å². The molecule has 5 heteroatoms. The van der Waals surface area contributed by atoms with E-state index in [-0.39, 0.29) is 5.78 Å². The van der Waals surface area contributed by atoms with Crippen LogP contribution in [0.1, 0.15) is 6.92 Å². The van der Waals surface area contributed by atoms with Gasteiger partial charge in [0.05, 0.1) is 17.8 Å². The molecule has 0 aliphatic carbocycles. The van der Waals surface area contributed by atoms with Crippen molar-refractivity contribution in [2.45, 2.75) is 11.8 Å². The zero-order valence-electron chi connectivity index (χ0n) is 12.3. The molecule has 0 saturated carbocycles. The van der Waals surface area contributed by atoms with Gasteiger partial charge in [0.1, 0.15) is 5.75 Å². The Morgan fingerprint density at radius 1 is 1.45 bits per heavy atom. The van der Waals surface area contributed by atoms with Crippen LogP contribution in [0.15, 0.2) is 34.2 Å². The normalized spacial score (nSPS) is 15.8. The lowest BCUT2D eigenvalue weighted by Gasteiger charge is -2.22. The third-order valence-corrected chi connectivity index (χ3v) is 4.15. The highest BCUT2D eigenvalue weighted by atomic mass is 32.2. The Bertz CT molecular complexity index is 541. The number of hydrogen-bond acceptors (Lipinski definition) is 5. The van der Waals surface area contributed by atoms with Crippen LogP contribution in [0.5, 0.6) is 5.75 Å². The molecule has 20 heavy (non-hydrogen) atoms. The Balaban J connectivity index is 2.33. The molecule has 1 heterocycles. The van der Waals surface area contributed by atoms with Gasteiger partial charge in [-0.2, -0.15) is 0 Å². The van der Waals surface area contributed by atoms with E-state index in [2.05, 4.69) is 9.80 Å². The first-order chi connectivity index (χ1) is 9.51. The summed E-state index contributed by atoms with van der Waals surface area (Å²) in [6.45, 7) is 3.35. The van der Waals surface area contributed by atoms with Gasteiger partial charge in [-0.05, 0) is 33.2 Å². The van der Waals surface area contributed by atoms with Gasteiger partial charge in [-0.1, -0.05) is 11.8 Å². The van der Waals surface area contributed by atoms with Crippen molar-refractivity contribution in [3.63, 3.8) is 0 Å². The average Bonchev–Trinajstić information content (AvgIpc) is 2.71. The van der Waals surface area contributed by atoms with Crippen molar-refractivity contribution < 1.29 is 9.53 Å². The summed E-state index contributed by atoms with van der Waals surface area (Å²) in [5.41, 5.74) is 1.11. The molecule has 1 aliphatic rings. The van der Waals surface area contributed by atoms with E-state index in [9.17, 15) is 4.79 Å². The highest BCUT2D eigenvalue weighted by Gasteiger charge is 2.25. The van der Waals surface area contributed by atoms with Crippen LogP contribution in [0.25, 0.3) is 0 Å². The smallest absolute Gasteiger partial charge is 0.155 e. The number of likely N-dealkylation sites (N-methyl/N-ethyl adjacent to an activating group) is 1. The number of carbonyl (C=O) groups is 1. The molecule has 0 spiro atoms. The van der Waals surface area contributed by atoms with Crippen LogP contribution in [0.2, 0.25) is 0 Å². The summed E-state index contributed by atoms with van der Waals surface area (Å²) in [5, 5.41) is 0.989. The lowest BCUT2D eigenvalue weighted by Crippen LogP contribution is -2.28. The summed E-state index contributed by atoms with van der Waals surface area (Å²) >= 11 is 1.64. The number of thioether (sulfide) groups is 1. The minimum atomic E-state index is 0.0714. The van der Waals surface area contributed by atoms with Gasteiger partial charge in [0, 0.05) is 30.1 Å². The third kappa shape index (κ3) is 3.35. The SMILES string of the molecule is COc1ccc2c(c1)N(CCN(C)C)/C(=C/C(C)=O)S2. The van der Waals surface area contributed by atoms with E-state index in [1.165, 1.54) is 0 Å². The summed E-state index contributed by atoms with van der Waals surface area (Å²) in [7, 11) is 5.76. The van der Waals surface area contributed by atoms with Crippen molar-refractivity contribution in [2.24, 2.45) is 0 Å². The molecule has 1 aromatic carbocycles. The van der Waals surface area contributed by atoms with Gasteiger partial charge in [0.25, 0.3) is 0 Å². The van der Waals surface area contributed by atoms with E-state index in [0.717, 1.165) is 34.5 Å². The lowest BCUT2D eigenvalue weighted by atomic mass is 10.2. The number of carbonyl (C=O) groups excluding carboxylic acids is 1. The van der Waals surface area contributed by atoms with Gasteiger partial charge < -0.3 is 14.5 Å². The summed E-state index contributed by atoms with van der Waals surface area (Å²) in [5.74, 6) is 0.908. The fourth-order valence-corrected chi connectivity index (χ4v) is 3.18. The van der Waals surface area contributed by atoms with Crippen LogP contribution < -0.4 is 9.64 Å². The van der Waals surface area contributed by atoms with Gasteiger partial charge in [-0.3, -0.25) is 4.79 Å². The van der Waals surface area contributed by atoms with Crippen molar-refractivity contribution in [3.05, 3.63) is 29.3 Å². The van der Waals surface area contributed by atoms with Crippen LogP contribution in [0.3, 0.4) is 0 Å². The molecule has 2 rings (SSSR count). The molecular formula is C15H20N2O2S. The zero-order chi connectivity index (χ0) is 14.7. The molecule has 0 amide bonds. The van der Waals surface area contributed by atoms with Crippen molar-refractivity contribution in [1.29, 1.82) is 0 Å². The molecule has 0 radical (unpaired) electrons. The fourth-order valence-electron chi connectivity index (χ4n) is 2.02. The Morgan fingerprint density at radius 3 is 2.80 bits per heavy atom. The molecule has 0 bridgehead atoms. The van der Waals surface area contributed by atoms with E-state index < -0.39 is 0 Å². The second-order valence-corrected chi connectivity index (χ2v) is 6.05. The van der Waals surface area contributed by atoms with Gasteiger partial charge in [0.15, 0.2) is 5.78 Å². The van der Waals surface area contributed by atoms with Crippen molar-refractivity contribution in [2.75, 3.05) is 39.2 Å². The highest BCUT2D eigenvalue weighted by Crippen LogP contribution is 2.47. The van der Waals surface area contributed by atoms with E-state index >= 15 is 0 Å². The zero-order valence-corrected chi connectivity index (χ0v) is 13.2. The maximum absolute atomic E-state index is 11.4. The molecule has 0 fully saturated rings. The van der Waals surface area contributed by atoms with E-state index in [1.54, 1.807) is 31.9 Å². The number of ether oxygens (including phenoxy) is 1. The molecule has 108 valence electrons. The number of hydrogen-bond donors (Lipinski definition) is 0. The highest BCUT2D eigenvalue weighted by molar-refractivity contribution is 8.03. The summed E-state index contributed by atoms with van der Waals surface area (Å²) in [4.78, 5) is 16.9. The monoisotopic (exact) mass is 292 g/mol. The maximum atomic E-state index is 11.4. The van der Waals surface area contributed by atoms with Gasteiger partial charge in [-0.15, -0.1) is 0 Å². The van der Waals surface area contributed by atoms with E-state index in [0.29, 0.717) is 0 Å². The largest absolute Gasteiger partial charge is 0.497 e. The minimum Gasteiger partial charge on any atom is -0.497 e. The first-order valence-corrected chi connectivity index (χ1v) is 7.33. The summed E-state index contributed by atoms with van der Waals surface area (Å²) in [6.07, 6.45) is 1.70. The van der Waals surface area contributed by atoms with Crippen LogP contribution >= 0.6 is 11.8 Å². The third-order valence-electron chi connectivity index (χ3n) is 3.04. The Morgan fingerprint density at radius 2 is 2.20 bits per heavy atom. The minimum absolute atomic E-state index is 0.0714. The average molecular weight is 292 g/mol. The summed E-state index contributed by atoms with van der Waals surface area (Å²) in [6, 6.07) is 6.02. The Labute approximate surface area is 124 Å². The van der Waals surface area contributed by atoms with E-state index in [4.69, 9.17) is 4.74 Å². The van der Waals surface area contributed by atoms with Crippen molar-refractivity contribution in [3.8, 4) is 5.75 Å². The molecule has 1 aliphatic heterocycles. The summed E-state index contributed by atoms with van der Waals surface area (Å²) < 4.78 is 5.30. The molecular weight excluding hydrogens is 272 g/mol. The number of fused-ring (bicyclic) bond motifs is 1. The standard InChI is InChI=1S/C15H20N2O2S/c1-11(18)9-15-17(8-7-16(2)3)13-10-12(19-4)5-6-14(13)20-15/h5-6,9-10H,7-8H2,1-4H3/b15-9-. The molecule has 4 nitrogen and oxygen atoms in total. The Hall–Kier alpha value is -1.46. The molecule has 1 aromatic rings. The van der Waals surface area contributed by atoms with Crippen molar-refractivity contribution >= 4 is 23.2 Å². The molecule has 0 atom stereocenters. The van der Waals surface area contributed by atoms with Crippen LogP contribution in [-0.4, -0.2) is 45.0 Å². The Kier molecular flexibility index (Phi) is 4.73.